The van der Waals surface area contributed by atoms with Crippen LogP contribution >= 0.6 is 37.7 Å². The second-order valence-corrected chi connectivity index (χ2v) is 14.6. The van der Waals surface area contributed by atoms with Crippen LogP contribution in [0.3, 0.4) is 0 Å². The van der Waals surface area contributed by atoms with Crippen molar-refractivity contribution in [1.29, 1.82) is 0 Å². The van der Waals surface area contributed by atoms with Crippen LogP contribution in [0.4, 0.5) is 0 Å². The lowest BCUT2D eigenvalue weighted by Gasteiger charge is -1.68. The lowest BCUT2D eigenvalue weighted by molar-refractivity contribution is 1.31. The quantitative estimate of drug-likeness (QED) is 0.514. The van der Waals surface area contributed by atoms with Gasteiger partial charge in [0.05, 0.1) is 6.20 Å². The third-order valence-corrected chi connectivity index (χ3v) is 0.517. The zero-order valence-corrected chi connectivity index (χ0v) is 10.4. The molecule has 0 fully saturated rings. The molecule has 1 heterocycles. The van der Waals surface area contributed by atoms with E-state index in [-0.39, 0.29) is 0 Å². The van der Waals surface area contributed by atoms with E-state index in [4.69, 9.17) is 0 Å². The highest BCUT2D eigenvalue weighted by molar-refractivity contribution is 14.3. The Kier molecular flexibility index (Phi) is 10.8. The van der Waals surface area contributed by atoms with Gasteiger partial charge in [-0.2, -0.15) is 0 Å². The predicted molar refractivity (Wildman–Crippen MR) is 56.9 cm³/mol. The highest BCUT2D eigenvalue weighted by Gasteiger charge is 1.61. The van der Waals surface area contributed by atoms with Crippen molar-refractivity contribution in [3.8, 4) is 0 Å². The summed E-state index contributed by atoms with van der Waals surface area (Å²) in [5.74, 6) is 0. The Morgan fingerprint density at radius 1 is 1.33 bits per heavy atom. The van der Waals surface area contributed by atoms with E-state index in [0.29, 0.717) is 12.6 Å². The summed E-state index contributed by atoms with van der Waals surface area (Å²) in [7, 11) is 0. The number of pyridine rings is 1. The van der Waals surface area contributed by atoms with Gasteiger partial charge in [-0.3, -0.25) is 42.7 Å². The second-order valence-electron chi connectivity index (χ2n) is 1.06. The normalized spacial score (nSPS) is 6.44. The summed E-state index contributed by atoms with van der Waals surface area (Å²) in [6.07, 6.45) is 4.34. The average molecular weight is 356 g/mol. The fourth-order valence-electron chi connectivity index (χ4n) is 0.277. The highest BCUT2D eigenvalue weighted by Crippen LogP contribution is 1.80. The van der Waals surface area contributed by atoms with E-state index < -0.39 is 0 Å². The molecule has 1 radical (unpaired) electrons. The smallest absolute Gasteiger partial charge is 0.276 e. The summed E-state index contributed by atoms with van der Waals surface area (Å²) in [5.41, 5.74) is 0. The topological polar surface area (TPSA) is 12.9 Å². The molecule has 1 rings (SSSR count). The molecule has 45 valence electrons. The van der Waals surface area contributed by atoms with E-state index in [0.717, 1.165) is 0 Å². The van der Waals surface area contributed by atoms with E-state index >= 15 is 0 Å². The van der Waals surface area contributed by atoms with Crippen LogP contribution in [0, 0.1) is 6.20 Å². The Morgan fingerprint density at radius 2 is 2.00 bits per heavy atom. The molecular formula is C5H4I2MgN. The van der Waals surface area contributed by atoms with E-state index in [9.17, 15) is 0 Å². The SMILES string of the molecule is [I][Mg][I].[c]1ccccn1. The number of halogens is 2. The number of hydrogen-bond acceptors (Lipinski definition) is 1. The standard InChI is InChI=1S/C5H4N.2HI.Mg/c1-2-4-6-5-3-1;;;/h1-4H;2*1H;/q;;;+2/p-2. The second kappa shape index (κ2) is 9.38. The molecule has 1 nitrogen and oxygen atoms in total. The molecule has 0 spiro atoms. The Bertz CT molecular complexity index is 97.8. The van der Waals surface area contributed by atoms with E-state index in [1.165, 1.54) is 0 Å². The lowest BCUT2D eigenvalue weighted by Crippen LogP contribution is -1.60. The molecule has 9 heavy (non-hydrogen) atoms. The third kappa shape index (κ3) is 9.38. The van der Waals surface area contributed by atoms with Crippen LogP contribution in [-0.2, 0) is 0 Å². The zero-order valence-electron chi connectivity index (χ0n) is 4.72. The van der Waals surface area contributed by atoms with E-state index in [1.54, 1.807) is 12.3 Å². The number of hydrogen-bond donors (Lipinski definition) is 0. The first-order valence-corrected chi connectivity index (χ1v) is 12.5. The summed E-state index contributed by atoms with van der Waals surface area (Å²) in [6.45, 7) is 0. The average Bonchev–Trinajstić information content (AvgIpc) is 1.93. The first-order chi connectivity index (χ1) is 4.41. The molecular weight excluding hydrogens is 352 g/mol. The van der Waals surface area contributed by atoms with Crippen molar-refractivity contribution in [2.45, 2.75) is 0 Å². The molecule has 0 bridgehead atoms. The molecule has 1 aromatic heterocycles. The highest BCUT2D eigenvalue weighted by atomic mass is 127. The molecule has 0 N–H and O–H groups in total. The van der Waals surface area contributed by atoms with Crippen LogP contribution < -0.4 is 0 Å². The summed E-state index contributed by atoms with van der Waals surface area (Å²) in [4.78, 5) is 3.66. The van der Waals surface area contributed by atoms with Crippen LogP contribution in [-0.4, -0.2) is 17.6 Å². The minimum Gasteiger partial charge on any atom is -0.276 e. The largest absolute Gasteiger partial charge is 0.552 e. The molecule has 0 saturated heterocycles. The van der Waals surface area contributed by atoms with Crippen molar-refractivity contribution in [3.05, 3.63) is 30.6 Å². The van der Waals surface area contributed by atoms with Crippen molar-refractivity contribution >= 4 is 50.3 Å². The molecule has 1 aromatic rings. The van der Waals surface area contributed by atoms with Gasteiger partial charge in [0.2, 0.25) is 0 Å². The minimum absolute atomic E-state index is 0.357. The number of nitrogens with zero attached hydrogens (tertiary/aromatic N) is 1. The maximum atomic E-state index is 3.66. The van der Waals surface area contributed by atoms with Gasteiger partial charge in [-0.25, -0.2) is 0 Å². The van der Waals surface area contributed by atoms with Crippen LogP contribution in [0.15, 0.2) is 24.4 Å². The third-order valence-electron chi connectivity index (χ3n) is 0.517. The van der Waals surface area contributed by atoms with Gasteiger partial charge in [-0.15, -0.1) is 0 Å². The predicted octanol–water partition coefficient (Wildman–Crippen LogP) is 2.27. The fourth-order valence-corrected chi connectivity index (χ4v) is 0.277. The Hall–Kier alpha value is 1.38. The first-order valence-electron chi connectivity index (χ1n) is 2.31. The molecule has 0 unspecified atom stereocenters. The maximum Gasteiger partial charge on any atom is 0.552 e. The summed E-state index contributed by atoms with van der Waals surface area (Å²) >= 11 is 5.18. The van der Waals surface area contributed by atoms with E-state index in [2.05, 4.69) is 48.9 Å². The molecule has 0 aliphatic carbocycles. The molecule has 0 atom stereocenters. The van der Waals surface area contributed by atoms with Crippen LogP contribution in [0.2, 0.25) is 0 Å². The van der Waals surface area contributed by atoms with Gasteiger partial charge in [-0.05, 0) is 12.1 Å². The van der Waals surface area contributed by atoms with Gasteiger partial charge in [-0.1, -0.05) is 6.07 Å². The summed E-state index contributed by atoms with van der Waals surface area (Å²) in [5, 5.41) is 0. The fraction of sp³-hybridized carbons (Fsp3) is 0. The molecule has 0 aliphatic heterocycles. The van der Waals surface area contributed by atoms with Gasteiger partial charge in [0.25, 0.3) is 0 Å². The van der Waals surface area contributed by atoms with Gasteiger partial charge >= 0.3 is 12.6 Å². The zero-order chi connectivity index (χ0) is 6.95. The Balaban J connectivity index is 0.000000187. The first kappa shape index (κ1) is 10.4. The summed E-state index contributed by atoms with van der Waals surface area (Å²) < 4.78 is 0. The summed E-state index contributed by atoms with van der Waals surface area (Å²) in [6, 6.07) is 5.50. The van der Waals surface area contributed by atoms with Gasteiger partial charge in [0.15, 0.2) is 0 Å². The maximum absolute atomic E-state index is 3.66. The van der Waals surface area contributed by atoms with Crippen molar-refractivity contribution in [1.82, 2.24) is 4.98 Å². The van der Waals surface area contributed by atoms with Crippen molar-refractivity contribution in [3.63, 3.8) is 0 Å². The van der Waals surface area contributed by atoms with Gasteiger partial charge < -0.3 is 0 Å². The van der Waals surface area contributed by atoms with Crippen LogP contribution in [0.1, 0.15) is 0 Å². The molecule has 0 aromatic carbocycles. The minimum atomic E-state index is 0.357. The van der Waals surface area contributed by atoms with Crippen molar-refractivity contribution in [2.24, 2.45) is 0 Å². The van der Waals surface area contributed by atoms with Gasteiger partial charge in [0, 0.05) is 6.20 Å². The molecule has 0 aliphatic rings. The van der Waals surface area contributed by atoms with Crippen molar-refractivity contribution < 1.29 is 0 Å². The lowest BCUT2D eigenvalue weighted by atomic mass is 10.5. The van der Waals surface area contributed by atoms with Gasteiger partial charge in [0.1, 0.15) is 0 Å². The van der Waals surface area contributed by atoms with Crippen LogP contribution in [0.5, 0.6) is 0 Å². The Morgan fingerprint density at radius 3 is 2.11 bits per heavy atom. The van der Waals surface area contributed by atoms with E-state index in [1.807, 2.05) is 12.1 Å². The van der Waals surface area contributed by atoms with Crippen LogP contribution in [0.25, 0.3) is 0 Å². The molecule has 0 amide bonds. The monoisotopic (exact) mass is 356 g/mol. The van der Waals surface area contributed by atoms with Crippen molar-refractivity contribution in [2.75, 3.05) is 0 Å². The number of aromatic nitrogens is 1. The number of rotatable bonds is 0. The molecule has 4 heteroatoms. The molecule has 0 saturated carbocycles. The Labute approximate surface area is 84.5 Å².